The van der Waals surface area contributed by atoms with Gasteiger partial charge in [-0.25, -0.2) is 13.2 Å². The molecule has 0 unspecified atom stereocenters. The van der Waals surface area contributed by atoms with Crippen molar-refractivity contribution in [2.45, 2.75) is 51.5 Å². The minimum absolute atomic E-state index is 0.216. The van der Waals surface area contributed by atoms with E-state index in [4.69, 9.17) is 0 Å². The first kappa shape index (κ1) is 19.6. The summed E-state index contributed by atoms with van der Waals surface area (Å²) in [6.45, 7) is 2.48. The van der Waals surface area contributed by atoms with Gasteiger partial charge in [-0.05, 0) is 30.9 Å². The number of hydrogen-bond donors (Lipinski definition) is 2. The molecule has 0 heterocycles. The standard InChI is InChI=1S/C18H29N3O3S/c1-3-15-9-7-8-12-17(15)21(25(2,23)24)14-13-19-18(22)20-16-10-5-4-6-11-16/h7-9,12,16H,3-6,10-11,13-14H2,1-2H3,(H2,19,20,22). The van der Waals surface area contributed by atoms with E-state index in [1.807, 2.05) is 31.2 Å². The minimum atomic E-state index is -3.41. The zero-order valence-electron chi connectivity index (χ0n) is 15.1. The summed E-state index contributed by atoms with van der Waals surface area (Å²) in [5, 5.41) is 5.76. The van der Waals surface area contributed by atoms with Gasteiger partial charge in [0.1, 0.15) is 0 Å². The Balaban J connectivity index is 1.93. The van der Waals surface area contributed by atoms with Crippen LogP contribution in [0, 0.1) is 0 Å². The molecule has 1 aromatic rings. The molecule has 2 N–H and O–H groups in total. The number of hydrogen-bond acceptors (Lipinski definition) is 3. The average Bonchev–Trinajstić information content (AvgIpc) is 2.58. The number of sulfonamides is 1. The third kappa shape index (κ3) is 5.92. The third-order valence-corrected chi connectivity index (χ3v) is 5.76. The van der Waals surface area contributed by atoms with Crippen LogP contribution in [0.1, 0.15) is 44.6 Å². The van der Waals surface area contributed by atoms with Gasteiger partial charge >= 0.3 is 6.03 Å². The van der Waals surface area contributed by atoms with Crippen molar-refractivity contribution in [2.24, 2.45) is 0 Å². The van der Waals surface area contributed by atoms with Crippen LogP contribution < -0.4 is 14.9 Å². The van der Waals surface area contributed by atoms with Crippen molar-refractivity contribution < 1.29 is 13.2 Å². The molecule has 1 saturated carbocycles. The lowest BCUT2D eigenvalue weighted by Crippen LogP contribution is -2.46. The molecule has 0 spiro atoms. The maximum atomic E-state index is 12.2. The normalized spacial score (nSPS) is 15.6. The van der Waals surface area contributed by atoms with Crippen LogP contribution in [-0.4, -0.2) is 39.8 Å². The summed E-state index contributed by atoms with van der Waals surface area (Å²) in [6.07, 6.45) is 7.53. The molecular weight excluding hydrogens is 338 g/mol. The summed E-state index contributed by atoms with van der Waals surface area (Å²) in [5.41, 5.74) is 1.65. The SMILES string of the molecule is CCc1ccccc1N(CCNC(=O)NC1CCCCC1)S(C)(=O)=O. The van der Waals surface area contributed by atoms with Crippen LogP contribution in [0.15, 0.2) is 24.3 Å². The van der Waals surface area contributed by atoms with Crippen molar-refractivity contribution in [3.63, 3.8) is 0 Å². The van der Waals surface area contributed by atoms with Gasteiger partial charge in [-0.2, -0.15) is 0 Å². The first-order valence-corrected chi connectivity index (χ1v) is 10.9. The highest BCUT2D eigenvalue weighted by molar-refractivity contribution is 7.92. The fourth-order valence-electron chi connectivity index (χ4n) is 3.27. The number of para-hydroxylation sites is 1. The van der Waals surface area contributed by atoms with Crippen LogP contribution in [0.4, 0.5) is 10.5 Å². The smallest absolute Gasteiger partial charge is 0.315 e. The molecule has 1 aliphatic carbocycles. The number of aryl methyl sites for hydroxylation is 1. The number of benzene rings is 1. The van der Waals surface area contributed by atoms with E-state index in [9.17, 15) is 13.2 Å². The van der Waals surface area contributed by atoms with Crippen LogP contribution in [-0.2, 0) is 16.4 Å². The summed E-state index contributed by atoms with van der Waals surface area (Å²) in [7, 11) is -3.41. The molecular formula is C18H29N3O3S. The molecule has 0 atom stereocenters. The lowest BCUT2D eigenvalue weighted by atomic mass is 9.96. The number of urea groups is 1. The number of nitrogens with one attached hydrogen (secondary N) is 2. The van der Waals surface area contributed by atoms with E-state index >= 15 is 0 Å². The number of amides is 2. The van der Waals surface area contributed by atoms with Gasteiger partial charge < -0.3 is 10.6 Å². The highest BCUT2D eigenvalue weighted by Gasteiger charge is 2.20. The molecule has 1 fully saturated rings. The van der Waals surface area contributed by atoms with Gasteiger partial charge in [0.2, 0.25) is 10.0 Å². The van der Waals surface area contributed by atoms with Crippen LogP contribution in [0.3, 0.4) is 0 Å². The Morgan fingerprint density at radius 2 is 1.88 bits per heavy atom. The summed E-state index contributed by atoms with van der Waals surface area (Å²) in [4.78, 5) is 12.0. The molecule has 0 aromatic heterocycles. The zero-order chi connectivity index (χ0) is 18.3. The number of anilines is 1. The second kappa shape index (κ2) is 9.08. The van der Waals surface area contributed by atoms with E-state index in [0.29, 0.717) is 5.69 Å². The van der Waals surface area contributed by atoms with Crippen molar-refractivity contribution in [1.82, 2.24) is 10.6 Å². The fourth-order valence-corrected chi connectivity index (χ4v) is 4.23. The van der Waals surface area contributed by atoms with E-state index in [1.165, 1.54) is 17.0 Å². The highest BCUT2D eigenvalue weighted by atomic mass is 32.2. The number of carbonyl (C=O) groups is 1. The van der Waals surface area contributed by atoms with E-state index in [2.05, 4.69) is 10.6 Å². The first-order chi connectivity index (χ1) is 11.9. The van der Waals surface area contributed by atoms with Gasteiger partial charge in [0.25, 0.3) is 0 Å². The van der Waals surface area contributed by atoms with Crippen LogP contribution in [0.2, 0.25) is 0 Å². The van der Waals surface area contributed by atoms with E-state index in [-0.39, 0.29) is 25.2 Å². The lowest BCUT2D eigenvalue weighted by molar-refractivity contribution is 0.233. The number of carbonyl (C=O) groups excluding carboxylic acids is 1. The number of nitrogens with zero attached hydrogens (tertiary/aromatic N) is 1. The van der Waals surface area contributed by atoms with Crippen molar-refractivity contribution in [2.75, 3.05) is 23.7 Å². The Kier molecular flexibility index (Phi) is 7.11. The van der Waals surface area contributed by atoms with Crippen LogP contribution in [0.25, 0.3) is 0 Å². The van der Waals surface area contributed by atoms with Gasteiger partial charge in [-0.15, -0.1) is 0 Å². The van der Waals surface area contributed by atoms with Gasteiger partial charge in [0.05, 0.1) is 18.5 Å². The molecule has 1 aliphatic rings. The Bertz CT molecular complexity index is 670. The maximum Gasteiger partial charge on any atom is 0.315 e. The van der Waals surface area contributed by atoms with Crippen molar-refractivity contribution >= 4 is 21.7 Å². The van der Waals surface area contributed by atoms with Crippen molar-refractivity contribution in [3.05, 3.63) is 29.8 Å². The molecule has 0 aliphatic heterocycles. The molecule has 2 amide bonds. The van der Waals surface area contributed by atoms with Gasteiger partial charge in [0, 0.05) is 12.6 Å². The van der Waals surface area contributed by atoms with Crippen molar-refractivity contribution in [3.8, 4) is 0 Å². The fraction of sp³-hybridized carbons (Fsp3) is 0.611. The highest BCUT2D eigenvalue weighted by Crippen LogP contribution is 2.23. The maximum absolute atomic E-state index is 12.2. The molecule has 6 nitrogen and oxygen atoms in total. The van der Waals surface area contributed by atoms with E-state index in [1.54, 1.807) is 0 Å². The lowest BCUT2D eigenvalue weighted by Gasteiger charge is -2.26. The molecule has 25 heavy (non-hydrogen) atoms. The van der Waals surface area contributed by atoms with E-state index in [0.717, 1.165) is 37.7 Å². The largest absolute Gasteiger partial charge is 0.336 e. The second-order valence-electron chi connectivity index (χ2n) is 6.55. The molecule has 0 radical (unpaired) electrons. The second-order valence-corrected chi connectivity index (χ2v) is 8.46. The van der Waals surface area contributed by atoms with Gasteiger partial charge in [-0.3, -0.25) is 4.31 Å². The Morgan fingerprint density at radius 1 is 1.20 bits per heavy atom. The Labute approximate surface area is 151 Å². The predicted molar refractivity (Wildman–Crippen MR) is 101 cm³/mol. The summed E-state index contributed by atoms with van der Waals surface area (Å²) in [5.74, 6) is 0. The van der Waals surface area contributed by atoms with Gasteiger partial charge in [-0.1, -0.05) is 44.4 Å². The molecule has 2 rings (SSSR count). The molecule has 1 aromatic carbocycles. The third-order valence-electron chi connectivity index (χ3n) is 4.58. The van der Waals surface area contributed by atoms with E-state index < -0.39 is 10.0 Å². The molecule has 140 valence electrons. The summed E-state index contributed by atoms with van der Waals surface area (Å²) >= 11 is 0. The quantitative estimate of drug-likeness (QED) is 0.778. The average molecular weight is 368 g/mol. The zero-order valence-corrected chi connectivity index (χ0v) is 15.9. The predicted octanol–water partition coefficient (Wildman–Crippen LogP) is 2.65. The Hall–Kier alpha value is -1.76. The number of rotatable bonds is 7. The minimum Gasteiger partial charge on any atom is -0.336 e. The van der Waals surface area contributed by atoms with Crippen LogP contribution >= 0.6 is 0 Å². The first-order valence-electron chi connectivity index (χ1n) is 9.01. The molecule has 0 bridgehead atoms. The van der Waals surface area contributed by atoms with Crippen molar-refractivity contribution in [1.29, 1.82) is 0 Å². The van der Waals surface area contributed by atoms with Gasteiger partial charge in [0.15, 0.2) is 0 Å². The summed E-state index contributed by atoms with van der Waals surface area (Å²) in [6, 6.07) is 7.48. The Morgan fingerprint density at radius 3 is 2.52 bits per heavy atom. The summed E-state index contributed by atoms with van der Waals surface area (Å²) < 4.78 is 25.7. The topological polar surface area (TPSA) is 78.5 Å². The molecule has 0 saturated heterocycles. The van der Waals surface area contributed by atoms with Crippen LogP contribution in [0.5, 0.6) is 0 Å². The molecule has 7 heteroatoms. The monoisotopic (exact) mass is 367 g/mol.